The molecule has 0 unspecified atom stereocenters. The van der Waals surface area contributed by atoms with Gasteiger partial charge in [0.2, 0.25) is 11.4 Å². The summed E-state index contributed by atoms with van der Waals surface area (Å²) in [4.78, 5) is 19.0. The molecular formula is C26H25IN2O2. The highest BCUT2D eigenvalue weighted by Crippen LogP contribution is 2.47. The van der Waals surface area contributed by atoms with Crippen LogP contribution in [0.25, 0.3) is 0 Å². The molecule has 5 heteroatoms. The molecule has 1 N–H and O–H groups in total. The van der Waals surface area contributed by atoms with E-state index in [9.17, 15) is 4.79 Å². The summed E-state index contributed by atoms with van der Waals surface area (Å²) in [5.74, 6) is 0.299. The summed E-state index contributed by atoms with van der Waals surface area (Å²) in [6.45, 7) is 5.92. The van der Waals surface area contributed by atoms with Gasteiger partial charge in [0.05, 0.1) is 0 Å². The number of halogens is 1. The highest BCUT2D eigenvalue weighted by Gasteiger charge is 2.55. The van der Waals surface area contributed by atoms with E-state index in [1.54, 1.807) is 0 Å². The SMILES string of the molecule is CC(C)(C)NC(=O)[C@]1(c2ccccc2)N=C(c2ccccc2I)O[C@H]1c1ccccc1. The molecule has 4 rings (SSSR count). The highest BCUT2D eigenvalue weighted by molar-refractivity contribution is 14.1. The van der Waals surface area contributed by atoms with Crippen LogP contribution in [0.15, 0.2) is 89.9 Å². The van der Waals surface area contributed by atoms with Crippen molar-refractivity contribution < 1.29 is 9.53 Å². The summed E-state index contributed by atoms with van der Waals surface area (Å²) in [6.07, 6.45) is -0.593. The van der Waals surface area contributed by atoms with Gasteiger partial charge >= 0.3 is 0 Å². The van der Waals surface area contributed by atoms with Gasteiger partial charge in [-0.2, -0.15) is 0 Å². The van der Waals surface area contributed by atoms with Crippen molar-refractivity contribution in [2.24, 2.45) is 4.99 Å². The molecule has 0 bridgehead atoms. The fourth-order valence-electron chi connectivity index (χ4n) is 3.78. The Morgan fingerprint density at radius 2 is 1.52 bits per heavy atom. The smallest absolute Gasteiger partial charge is 0.257 e. The van der Waals surface area contributed by atoms with Gasteiger partial charge in [0, 0.05) is 14.7 Å². The minimum Gasteiger partial charge on any atom is -0.466 e. The number of benzene rings is 3. The largest absolute Gasteiger partial charge is 0.466 e. The Morgan fingerprint density at radius 1 is 0.935 bits per heavy atom. The molecule has 31 heavy (non-hydrogen) atoms. The predicted octanol–water partition coefficient (Wildman–Crippen LogP) is 5.62. The molecule has 3 aromatic carbocycles. The number of hydrogen-bond donors (Lipinski definition) is 1. The number of nitrogens with one attached hydrogen (secondary N) is 1. The van der Waals surface area contributed by atoms with Crippen LogP contribution in [-0.4, -0.2) is 17.3 Å². The fourth-order valence-corrected chi connectivity index (χ4v) is 4.40. The topological polar surface area (TPSA) is 50.7 Å². The average molecular weight is 524 g/mol. The zero-order chi connectivity index (χ0) is 22.1. The second-order valence-electron chi connectivity index (χ2n) is 8.64. The molecule has 1 amide bonds. The van der Waals surface area contributed by atoms with E-state index in [1.807, 2.05) is 106 Å². The van der Waals surface area contributed by atoms with E-state index in [2.05, 4.69) is 27.9 Å². The van der Waals surface area contributed by atoms with Crippen LogP contribution in [0, 0.1) is 3.57 Å². The van der Waals surface area contributed by atoms with Gasteiger partial charge in [0.25, 0.3) is 5.91 Å². The first-order valence-electron chi connectivity index (χ1n) is 10.3. The first-order chi connectivity index (χ1) is 14.8. The molecule has 0 saturated heterocycles. The van der Waals surface area contributed by atoms with Crippen LogP contribution in [-0.2, 0) is 15.1 Å². The van der Waals surface area contributed by atoms with Crippen molar-refractivity contribution in [3.8, 4) is 0 Å². The van der Waals surface area contributed by atoms with Gasteiger partial charge in [0.15, 0.2) is 6.10 Å². The van der Waals surface area contributed by atoms with Gasteiger partial charge in [0.1, 0.15) is 0 Å². The van der Waals surface area contributed by atoms with E-state index in [0.29, 0.717) is 5.90 Å². The highest BCUT2D eigenvalue weighted by atomic mass is 127. The average Bonchev–Trinajstić information content (AvgIpc) is 3.16. The number of nitrogens with zero attached hydrogens (tertiary/aromatic N) is 1. The van der Waals surface area contributed by atoms with Gasteiger partial charge < -0.3 is 10.1 Å². The first-order valence-corrected chi connectivity index (χ1v) is 11.3. The number of rotatable bonds is 4. The van der Waals surface area contributed by atoms with Gasteiger partial charge in [-0.1, -0.05) is 72.8 Å². The summed E-state index contributed by atoms with van der Waals surface area (Å²) in [5, 5.41) is 3.16. The third-order valence-electron chi connectivity index (χ3n) is 5.14. The standard InChI is InChI=1S/C26H25IN2O2/c1-25(2,3)29-24(30)26(19-14-8-5-9-15-19)22(18-12-6-4-7-13-18)31-23(28-26)20-16-10-11-17-21(20)27/h4-17,22H,1-3H3,(H,29,30)/t22-,26+/m0/s1. The van der Waals surface area contributed by atoms with Crippen LogP contribution in [0.4, 0.5) is 0 Å². The number of carbonyl (C=O) groups is 1. The molecule has 0 aliphatic carbocycles. The molecule has 0 saturated carbocycles. The summed E-state index contributed by atoms with van der Waals surface area (Å²) >= 11 is 2.28. The van der Waals surface area contributed by atoms with Crippen LogP contribution in [0.1, 0.15) is 43.6 Å². The predicted molar refractivity (Wildman–Crippen MR) is 132 cm³/mol. The summed E-state index contributed by atoms with van der Waals surface area (Å²) in [6, 6.07) is 27.5. The van der Waals surface area contributed by atoms with E-state index >= 15 is 0 Å². The Balaban J connectivity index is 1.96. The lowest BCUT2D eigenvalue weighted by Gasteiger charge is -2.34. The quantitative estimate of drug-likeness (QED) is 0.451. The van der Waals surface area contributed by atoms with E-state index in [0.717, 1.165) is 20.3 Å². The molecule has 1 aliphatic heterocycles. The lowest BCUT2D eigenvalue weighted by molar-refractivity contribution is -0.130. The molecule has 0 aromatic heterocycles. The molecule has 158 valence electrons. The lowest BCUT2D eigenvalue weighted by atomic mass is 9.80. The zero-order valence-corrected chi connectivity index (χ0v) is 20.0. The molecule has 0 fully saturated rings. The van der Waals surface area contributed by atoms with Crippen LogP contribution >= 0.6 is 22.6 Å². The maximum absolute atomic E-state index is 13.9. The zero-order valence-electron chi connectivity index (χ0n) is 17.8. The van der Waals surface area contributed by atoms with Crippen molar-refractivity contribution in [3.05, 3.63) is 105 Å². The Bertz CT molecular complexity index is 1110. The molecule has 1 heterocycles. The minimum atomic E-state index is -1.25. The Hall–Kier alpha value is -2.67. The van der Waals surface area contributed by atoms with Gasteiger partial charge in [-0.15, -0.1) is 0 Å². The summed E-state index contributed by atoms with van der Waals surface area (Å²) in [5.41, 5.74) is 0.918. The maximum Gasteiger partial charge on any atom is 0.257 e. The third-order valence-corrected chi connectivity index (χ3v) is 6.08. The normalized spacial score (nSPS) is 20.6. The van der Waals surface area contributed by atoms with Crippen molar-refractivity contribution in [3.63, 3.8) is 0 Å². The van der Waals surface area contributed by atoms with Crippen molar-refractivity contribution in [2.45, 2.75) is 38.0 Å². The second kappa shape index (κ2) is 8.46. The summed E-state index contributed by atoms with van der Waals surface area (Å²) < 4.78 is 7.52. The fraction of sp³-hybridized carbons (Fsp3) is 0.231. The number of amides is 1. The number of ether oxygens (including phenoxy) is 1. The van der Waals surface area contributed by atoms with Crippen LogP contribution < -0.4 is 5.32 Å². The van der Waals surface area contributed by atoms with Gasteiger partial charge in [-0.05, 0) is 66.6 Å². The van der Waals surface area contributed by atoms with Crippen molar-refractivity contribution >= 4 is 34.4 Å². The lowest BCUT2D eigenvalue weighted by Crippen LogP contribution is -2.52. The molecule has 4 nitrogen and oxygen atoms in total. The van der Waals surface area contributed by atoms with E-state index in [4.69, 9.17) is 9.73 Å². The van der Waals surface area contributed by atoms with E-state index in [-0.39, 0.29) is 5.91 Å². The molecule has 3 aromatic rings. The van der Waals surface area contributed by atoms with Crippen molar-refractivity contribution in [1.82, 2.24) is 5.32 Å². The van der Waals surface area contributed by atoms with Crippen molar-refractivity contribution in [1.29, 1.82) is 0 Å². The molecule has 0 spiro atoms. The second-order valence-corrected chi connectivity index (χ2v) is 9.80. The van der Waals surface area contributed by atoms with Crippen LogP contribution in [0.2, 0.25) is 0 Å². The van der Waals surface area contributed by atoms with Gasteiger partial charge in [-0.25, -0.2) is 4.99 Å². The Labute approximate surface area is 196 Å². The minimum absolute atomic E-state index is 0.180. The molecule has 2 atom stereocenters. The Morgan fingerprint density at radius 3 is 2.13 bits per heavy atom. The maximum atomic E-state index is 13.9. The number of aliphatic imine (C=N–C) groups is 1. The summed E-state index contributed by atoms with van der Waals surface area (Å²) in [7, 11) is 0. The monoisotopic (exact) mass is 524 g/mol. The number of carbonyl (C=O) groups excluding carboxylic acids is 1. The molecule has 1 aliphatic rings. The molecule has 0 radical (unpaired) electrons. The number of hydrogen-bond acceptors (Lipinski definition) is 3. The third kappa shape index (κ3) is 4.24. The van der Waals surface area contributed by atoms with Crippen LogP contribution in [0.5, 0.6) is 0 Å². The first kappa shape index (κ1) is 21.6. The van der Waals surface area contributed by atoms with E-state index in [1.165, 1.54) is 0 Å². The van der Waals surface area contributed by atoms with Crippen molar-refractivity contribution in [2.75, 3.05) is 0 Å². The van der Waals surface area contributed by atoms with Gasteiger partial charge in [-0.3, -0.25) is 4.79 Å². The molecular weight excluding hydrogens is 499 g/mol. The van der Waals surface area contributed by atoms with Crippen LogP contribution in [0.3, 0.4) is 0 Å². The van der Waals surface area contributed by atoms with E-state index < -0.39 is 17.2 Å². The Kier molecular flexibility index (Phi) is 5.88.